The van der Waals surface area contributed by atoms with Crippen LogP contribution in [-0.2, 0) is 4.79 Å². The molecule has 0 spiro atoms. The van der Waals surface area contributed by atoms with E-state index in [1.165, 1.54) is 12.1 Å². The van der Waals surface area contributed by atoms with E-state index in [0.717, 1.165) is 50.5 Å². The molecule has 0 bridgehead atoms. The number of anilines is 1. The molecular weight excluding hydrogens is 369 g/mol. The second-order valence-electron chi connectivity index (χ2n) is 7.71. The Morgan fingerprint density at radius 3 is 2.59 bits per heavy atom. The summed E-state index contributed by atoms with van der Waals surface area (Å²) in [4.78, 5) is 24.1. The highest BCUT2D eigenvalue weighted by Gasteiger charge is 2.34. The number of carbonyl (C=O) groups excluding carboxylic acids is 1. The van der Waals surface area contributed by atoms with Gasteiger partial charge in [0.2, 0.25) is 5.91 Å². The highest BCUT2D eigenvalue weighted by atomic mass is 19.1. The van der Waals surface area contributed by atoms with Crippen molar-refractivity contribution in [3.8, 4) is 0 Å². The molecule has 1 amide bonds. The Balaban J connectivity index is 1.39. The lowest BCUT2D eigenvalue weighted by Crippen LogP contribution is -2.57. The first kappa shape index (κ1) is 19.8. The number of nitrogens with one attached hydrogen (secondary N) is 1. The molecule has 2 fully saturated rings. The minimum atomic E-state index is -0.217. The molecule has 1 N–H and O–H groups in total. The van der Waals surface area contributed by atoms with E-state index in [9.17, 15) is 9.18 Å². The molecule has 2 saturated heterocycles. The first-order valence-corrected chi connectivity index (χ1v) is 10.3. The van der Waals surface area contributed by atoms with Gasteiger partial charge in [0, 0.05) is 63.9 Å². The molecule has 3 heterocycles. The monoisotopic (exact) mass is 397 g/mol. The van der Waals surface area contributed by atoms with Crippen LogP contribution >= 0.6 is 0 Å². The van der Waals surface area contributed by atoms with Crippen LogP contribution in [0.25, 0.3) is 0 Å². The summed E-state index contributed by atoms with van der Waals surface area (Å²) in [6, 6.07) is 10.4. The Labute approximate surface area is 171 Å². The maximum Gasteiger partial charge on any atom is 0.240 e. The lowest BCUT2D eigenvalue weighted by Gasteiger charge is -2.42. The van der Waals surface area contributed by atoms with Crippen molar-refractivity contribution in [2.75, 3.05) is 50.7 Å². The van der Waals surface area contributed by atoms with Gasteiger partial charge in [0.1, 0.15) is 5.82 Å². The van der Waals surface area contributed by atoms with E-state index in [1.807, 2.05) is 42.3 Å². The topological polar surface area (TPSA) is 51.7 Å². The summed E-state index contributed by atoms with van der Waals surface area (Å²) in [5.74, 6) is -0.0404. The fourth-order valence-corrected chi connectivity index (χ4v) is 4.25. The number of nitrogens with zero attached hydrogens (tertiary/aromatic N) is 4. The number of piperazine rings is 2. The molecule has 2 atom stereocenters. The Bertz CT molecular complexity index is 808. The standard InChI is InChI=1S/C22H28FN5O/c1-17(26-11-13-27(14-12-26)20-6-4-19(23)5-7-20)22(29)28-10-9-25-16-21(28)18-3-2-8-24-15-18/h2-8,15,17,21,25H,9-14,16H2,1H3. The van der Waals surface area contributed by atoms with Gasteiger partial charge in [-0.25, -0.2) is 4.39 Å². The molecule has 0 saturated carbocycles. The van der Waals surface area contributed by atoms with Gasteiger partial charge in [0.25, 0.3) is 0 Å². The summed E-state index contributed by atoms with van der Waals surface area (Å²) in [5, 5.41) is 3.40. The molecule has 1 aromatic carbocycles. The largest absolute Gasteiger partial charge is 0.369 e. The third kappa shape index (κ3) is 4.41. The van der Waals surface area contributed by atoms with Gasteiger partial charge in [-0.2, -0.15) is 0 Å². The number of amides is 1. The maximum absolute atomic E-state index is 13.4. The van der Waals surface area contributed by atoms with Crippen molar-refractivity contribution in [3.63, 3.8) is 0 Å². The SMILES string of the molecule is CC(C(=O)N1CCNCC1c1cccnc1)N1CCN(c2ccc(F)cc2)CC1. The fourth-order valence-electron chi connectivity index (χ4n) is 4.25. The van der Waals surface area contributed by atoms with Gasteiger partial charge in [-0.1, -0.05) is 6.07 Å². The summed E-state index contributed by atoms with van der Waals surface area (Å²) in [7, 11) is 0. The second-order valence-corrected chi connectivity index (χ2v) is 7.71. The molecule has 2 unspecified atom stereocenters. The number of hydrogen-bond acceptors (Lipinski definition) is 5. The van der Waals surface area contributed by atoms with Crippen LogP contribution in [0.3, 0.4) is 0 Å². The lowest BCUT2D eigenvalue weighted by molar-refractivity contribution is -0.140. The molecule has 4 rings (SSSR count). The van der Waals surface area contributed by atoms with Crippen molar-refractivity contribution in [2.45, 2.75) is 19.0 Å². The van der Waals surface area contributed by atoms with Crippen molar-refractivity contribution in [1.82, 2.24) is 20.1 Å². The summed E-state index contributed by atoms with van der Waals surface area (Å²) in [6.07, 6.45) is 3.61. The van der Waals surface area contributed by atoms with Crippen LogP contribution in [0.1, 0.15) is 18.5 Å². The molecule has 2 aromatic rings. The minimum Gasteiger partial charge on any atom is -0.369 e. The lowest BCUT2D eigenvalue weighted by atomic mass is 10.0. The molecule has 0 radical (unpaired) electrons. The van der Waals surface area contributed by atoms with Crippen molar-refractivity contribution in [2.24, 2.45) is 0 Å². The Morgan fingerprint density at radius 1 is 1.14 bits per heavy atom. The van der Waals surface area contributed by atoms with Gasteiger partial charge >= 0.3 is 0 Å². The molecule has 2 aliphatic rings. The summed E-state index contributed by atoms with van der Waals surface area (Å²) in [5.41, 5.74) is 2.10. The van der Waals surface area contributed by atoms with Crippen LogP contribution < -0.4 is 10.2 Å². The fraction of sp³-hybridized carbons (Fsp3) is 0.455. The molecule has 1 aromatic heterocycles. The molecule has 154 valence electrons. The zero-order valence-corrected chi connectivity index (χ0v) is 16.8. The first-order valence-electron chi connectivity index (χ1n) is 10.3. The van der Waals surface area contributed by atoms with Crippen LogP contribution in [0.15, 0.2) is 48.8 Å². The van der Waals surface area contributed by atoms with Crippen molar-refractivity contribution >= 4 is 11.6 Å². The van der Waals surface area contributed by atoms with E-state index in [4.69, 9.17) is 0 Å². The van der Waals surface area contributed by atoms with Crippen LogP contribution in [0.4, 0.5) is 10.1 Å². The van der Waals surface area contributed by atoms with Gasteiger partial charge in [0.15, 0.2) is 0 Å². The average Bonchev–Trinajstić information content (AvgIpc) is 2.79. The molecule has 2 aliphatic heterocycles. The van der Waals surface area contributed by atoms with E-state index in [2.05, 4.69) is 20.1 Å². The van der Waals surface area contributed by atoms with Crippen LogP contribution in [-0.4, -0.2) is 72.5 Å². The Morgan fingerprint density at radius 2 is 1.90 bits per heavy atom. The number of rotatable bonds is 4. The van der Waals surface area contributed by atoms with Gasteiger partial charge < -0.3 is 15.1 Å². The number of carbonyl (C=O) groups is 1. The highest BCUT2D eigenvalue weighted by molar-refractivity contribution is 5.82. The van der Waals surface area contributed by atoms with Gasteiger partial charge in [-0.15, -0.1) is 0 Å². The Hall–Kier alpha value is -2.51. The minimum absolute atomic E-state index is 0.0212. The van der Waals surface area contributed by atoms with Crippen LogP contribution in [0.2, 0.25) is 0 Å². The third-order valence-electron chi connectivity index (χ3n) is 6.01. The van der Waals surface area contributed by atoms with E-state index >= 15 is 0 Å². The van der Waals surface area contributed by atoms with Crippen LogP contribution in [0, 0.1) is 5.82 Å². The summed E-state index contributed by atoms with van der Waals surface area (Å²) in [6.45, 7) is 7.57. The smallest absolute Gasteiger partial charge is 0.240 e. The highest BCUT2D eigenvalue weighted by Crippen LogP contribution is 2.24. The summed E-state index contributed by atoms with van der Waals surface area (Å²) < 4.78 is 13.2. The number of hydrogen-bond donors (Lipinski definition) is 1. The van der Waals surface area contributed by atoms with E-state index in [1.54, 1.807) is 6.20 Å². The molecule has 29 heavy (non-hydrogen) atoms. The molecular formula is C22H28FN5O. The number of benzene rings is 1. The molecule has 6 nitrogen and oxygen atoms in total. The number of pyridine rings is 1. The second kappa shape index (κ2) is 8.88. The van der Waals surface area contributed by atoms with Crippen LogP contribution in [0.5, 0.6) is 0 Å². The zero-order valence-electron chi connectivity index (χ0n) is 16.8. The quantitative estimate of drug-likeness (QED) is 0.854. The summed E-state index contributed by atoms with van der Waals surface area (Å²) >= 11 is 0. The predicted octanol–water partition coefficient (Wildman–Crippen LogP) is 1.90. The average molecular weight is 397 g/mol. The van der Waals surface area contributed by atoms with Gasteiger partial charge in [-0.3, -0.25) is 14.7 Å². The third-order valence-corrected chi connectivity index (χ3v) is 6.01. The van der Waals surface area contributed by atoms with E-state index in [0.29, 0.717) is 6.54 Å². The van der Waals surface area contributed by atoms with E-state index < -0.39 is 0 Å². The maximum atomic E-state index is 13.4. The predicted molar refractivity (Wildman–Crippen MR) is 111 cm³/mol. The van der Waals surface area contributed by atoms with Crippen molar-refractivity contribution < 1.29 is 9.18 Å². The van der Waals surface area contributed by atoms with Crippen molar-refractivity contribution in [1.29, 1.82) is 0 Å². The van der Waals surface area contributed by atoms with Crippen molar-refractivity contribution in [3.05, 3.63) is 60.2 Å². The van der Waals surface area contributed by atoms with Gasteiger partial charge in [-0.05, 0) is 42.8 Å². The Kier molecular flexibility index (Phi) is 6.06. The van der Waals surface area contributed by atoms with E-state index in [-0.39, 0.29) is 23.8 Å². The molecule has 7 heteroatoms. The number of aromatic nitrogens is 1. The zero-order chi connectivity index (χ0) is 20.2. The normalized spacial score (nSPS) is 21.8. The van der Waals surface area contributed by atoms with Gasteiger partial charge in [0.05, 0.1) is 12.1 Å². The molecule has 0 aliphatic carbocycles. The first-order chi connectivity index (χ1) is 14.1. The number of halogens is 1.